The number of aromatic nitrogens is 4. The van der Waals surface area contributed by atoms with Crippen molar-refractivity contribution in [2.24, 2.45) is 0 Å². The average molecular weight is 322 g/mol. The van der Waals surface area contributed by atoms with E-state index in [1.54, 1.807) is 15.9 Å². The predicted molar refractivity (Wildman–Crippen MR) is 90.7 cm³/mol. The lowest BCUT2D eigenvalue weighted by Gasteiger charge is -2.05. The highest BCUT2D eigenvalue weighted by atomic mass is 32.1. The van der Waals surface area contributed by atoms with E-state index in [1.165, 1.54) is 0 Å². The van der Waals surface area contributed by atoms with E-state index < -0.39 is 0 Å². The van der Waals surface area contributed by atoms with Gasteiger partial charge in [0.25, 0.3) is 0 Å². The summed E-state index contributed by atoms with van der Waals surface area (Å²) in [5.74, 6) is 0.746. The smallest absolute Gasteiger partial charge is 0.320 e. The van der Waals surface area contributed by atoms with Crippen LogP contribution in [0, 0.1) is 0 Å². The van der Waals surface area contributed by atoms with Crippen molar-refractivity contribution in [3.63, 3.8) is 0 Å². The summed E-state index contributed by atoms with van der Waals surface area (Å²) in [4.78, 5) is 10.00. The van der Waals surface area contributed by atoms with Gasteiger partial charge in [-0.05, 0) is 18.4 Å². The van der Waals surface area contributed by atoms with E-state index in [2.05, 4.69) is 15.1 Å². The molecule has 3 heterocycles. The molecule has 0 bridgehead atoms. The lowest BCUT2D eigenvalue weighted by atomic mass is 10.2. The largest absolute Gasteiger partial charge is 0.464 e. The van der Waals surface area contributed by atoms with Crippen molar-refractivity contribution in [2.45, 2.75) is 6.92 Å². The Balaban J connectivity index is 1.94. The van der Waals surface area contributed by atoms with Crippen molar-refractivity contribution in [1.82, 2.24) is 19.6 Å². The molecule has 6 heteroatoms. The monoisotopic (exact) mass is 322 g/mol. The summed E-state index contributed by atoms with van der Waals surface area (Å²) in [5.41, 5.74) is 2.64. The van der Waals surface area contributed by atoms with Crippen LogP contribution in [-0.2, 0) is 0 Å². The Kier molecular flexibility index (Phi) is 3.51. The highest BCUT2D eigenvalue weighted by molar-refractivity contribution is 7.13. The van der Waals surface area contributed by atoms with Crippen LogP contribution in [0.25, 0.3) is 27.6 Å². The SMILES string of the molecule is CCOc1nc(-c2cccs2)n2nc(-c3ccccc3)cc2n1. The minimum absolute atomic E-state index is 0.378. The molecule has 0 amide bonds. The number of rotatable bonds is 4. The van der Waals surface area contributed by atoms with Crippen molar-refractivity contribution >= 4 is 17.0 Å². The molecule has 5 nitrogen and oxygen atoms in total. The Bertz CT molecular complexity index is 932. The molecule has 4 aromatic rings. The second-order valence-electron chi connectivity index (χ2n) is 4.91. The molecule has 0 atom stereocenters. The molecular weight excluding hydrogens is 308 g/mol. The van der Waals surface area contributed by atoms with Gasteiger partial charge in [-0.3, -0.25) is 0 Å². The molecule has 0 aliphatic heterocycles. The van der Waals surface area contributed by atoms with Crippen LogP contribution in [0.2, 0.25) is 0 Å². The molecule has 0 saturated heterocycles. The Morgan fingerprint density at radius 1 is 1.09 bits per heavy atom. The summed E-state index contributed by atoms with van der Waals surface area (Å²) in [7, 11) is 0. The fraction of sp³-hybridized carbons (Fsp3) is 0.118. The van der Waals surface area contributed by atoms with Crippen molar-refractivity contribution in [2.75, 3.05) is 6.61 Å². The van der Waals surface area contributed by atoms with Crippen LogP contribution in [0.15, 0.2) is 53.9 Å². The second kappa shape index (κ2) is 5.81. The first-order valence-electron chi connectivity index (χ1n) is 7.35. The van der Waals surface area contributed by atoms with Gasteiger partial charge in [-0.15, -0.1) is 11.3 Å². The van der Waals surface area contributed by atoms with Crippen LogP contribution < -0.4 is 4.74 Å². The second-order valence-corrected chi connectivity index (χ2v) is 5.85. The van der Waals surface area contributed by atoms with Gasteiger partial charge in [-0.1, -0.05) is 36.4 Å². The fourth-order valence-corrected chi connectivity index (χ4v) is 3.08. The minimum Gasteiger partial charge on any atom is -0.464 e. The van der Waals surface area contributed by atoms with Gasteiger partial charge in [0.2, 0.25) is 0 Å². The number of thiophene rings is 1. The van der Waals surface area contributed by atoms with Gasteiger partial charge in [0.05, 0.1) is 17.2 Å². The van der Waals surface area contributed by atoms with E-state index in [1.807, 2.05) is 60.8 Å². The molecular formula is C17H14N4OS. The van der Waals surface area contributed by atoms with E-state index in [0.29, 0.717) is 12.6 Å². The third-order valence-electron chi connectivity index (χ3n) is 3.39. The first-order chi connectivity index (χ1) is 11.3. The van der Waals surface area contributed by atoms with Gasteiger partial charge in [-0.25, -0.2) is 0 Å². The van der Waals surface area contributed by atoms with Gasteiger partial charge in [0, 0.05) is 11.6 Å². The molecule has 0 saturated carbocycles. The van der Waals surface area contributed by atoms with Crippen LogP contribution in [0.5, 0.6) is 6.01 Å². The normalized spacial score (nSPS) is 11.0. The number of ether oxygens (including phenoxy) is 1. The Morgan fingerprint density at radius 3 is 2.70 bits per heavy atom. The molecule has 0 radical (unpaired) electrons. The van der Waals surface area contributed by atoms with Crippen LogP contribution in [0.3, 0.4) is 0 Å². The standard InChI is InChI=1S/C17H14N4OS/c1-2-22-17-18-15-11-13(12-7-4-3-5-8-12)20-21(15)16(19-17)14-9-6-10-23-14/h3-11H,2H2,1H3. The lowest BCUT2D eigenvalue weighted by Crippen LogP contribution is -2.04. The zero-order valence-electron chi connectivity index (χ0n) is 12.5. The maximum Gasteiger partial charge on any atom is 0.320 e. The third kappa shape index (κ3) is 2.57. The average Bonchev–Trinajstić information content (AvgIpc) is 3.25. The van der Waals surface area contributed by atoms with Gasteiger partial charge >= 0.3 is 6.01 Å². The molecule has 4 rings (SSSR count). The van der Waals surface area contributed by atoms with Crippen LogP contribution in [0.4, 0.5) is 0 Å². The number of fused-ring (bicyclic) bond motifs is 1. The Hall–Kier alpha value is -2.73. The predicted octanol–water partition coefficient (Wildman–Crippen LogP) is 3.92. The Labute approximate surface area is 137 Å². The molecule has 1 aromatic carbocycles. The van der Waals surface area contributed by atoms with Crippen LogP contribution in [-0.4, -0.2) is 26.2 Å². The van der Waals surface area contributed by atoms with Crippen molar-refractivity contribution in [3.8, 4) is 28.0 Å². The minimum atomic E-state index is 0.378. The number of hydrogen-bond donors (Lipinski definition) is 0. The summed E-state index contributed by atoms with van der Waals surface area (Å²) in [6.45, 7) is 2.45. The van der Waals surface area contributed by atoms with Gasteiger partial charge in [-0.2, -0.15) is 19.6 Å². The van der Waals surface area contributed by atoms with Crippen molar-refractivity contribution < 1.29 is 4.74 Å². The van der Waals surface area contributed by atoms with E-state index in [9.17, 15) is 0 Å². The lowest BCUT2D eigenvalue weighted by molar-refractivity contribution is 0.312. The topological polar surface area (TPSA) is 52.3 Å². The fourth-order valence-electron chi connectivity index (χ4n) is 2.38. The van der Waals surface area contributed by atoms with Crippen molar-refractivity contribution in [1.29, 1.82) is 0 Å². The highest BCUT2D eigenvalue weighted by Crippen LogP contribution is 2.27. The molecule has 0 fully saturated rings. The molecule has 114 valence electrons. The van der Waals surface area contributed by atoms with Crippen LogP contribution >= 0.6 is 11.3 Å². The van der Waals surface area contributed by atoms with Gasteiger partial charge in [0.15, 0.2) is 11.5 Å². The molecule has 0 aliphatic rings. The molecule has 0 unspecified atom stereocenters. The number of nitrogens with zero attached hydrogens (tertiary/aromatic N) is 4. The van der Waals surface area contributed by atoms with Gasteiger partial charge < -0.3 is 4.74 Å². The van der Waals surface area contributed by atoms with E-state index in [0.717, 1.165) is 27.6 Å². The van der Waals surface area contributed by atoms with E-state index in [4.69, 9.17) is 4.74 Å². The zero-order valence-corrected chi connectivity index (χ0v) is 13.3. The van der Waals surface area contributed by atoms with E-state index in [-0.39, 0.29) is 0 Å². The summed E-state index contributed by atoms with van der Waals surface area (Å²) in [6, 6.07) is 16.4. The maximum absolute atomic E-state index is 5.51. The molecule has 23 heavy (non-hydrogen) atoms. The van der Waals surface area contributed by atoms with Crippen molar-refractivity contribution in [3.05, 3.63) is 53.9 Å². The number of benzene rings is 1. The highest BCUT2D eigenvalue weighted by Gasteiger charge is 2.14. The molecule has 0 spiro atoms. The maximum atomic E-state index is 5.51. The van der Waals surface area contributed by atoms with Gasteiger partial charge in [0.1, 0.15) is 0 Å². The number of hydrogen-bond acceptors (Lipinski definition) is 5. The summed E-state index contributed by atoms with van der Waals surface area (Å²) < 4.78 is 7.28. The summed E-state index contributed by atoms with van der Waals surface area (Å²) in [6.07, 6.45) is 0. The first kappa shape index (κ1) is 13.9. The zero-order chi connectivity index (χ0) is 15.6. The molecule has 0 N–H and O–H groups in total. The van der Waals surface area contributed by atoms with Crippen LogP contribution in [0.1, 0.15) is 6.92 Å². The summed E-state index contributed by atoms with van der Waals surface area (Å²) >= 11 is 1.62. The quantitative estimate of drug-likeness (QED) is 0.571. The third-order valence-corrected chi connectivity index (χ3v) is 4.25. The molecule has 0 aliphatic carbocycles. The van der Waals surface area contributed by atoms with E-state index >= 15 is 0 Å². The Morgan fingerprint density at radius 2 is 1.96 bits per heavy atom. The molecule has 3 aromatic heterocycles. The summed E-state index contributed by atoms with van der Waals surface area (Å²) in [5, 5.41) is 6.70. The first-order valence-corrected chi connectivity index (χ1v) is 8.23.